The van der Waals surface area contributed by atoms with E-state index in [0.29, 0.717) is 0 Å². The Morgan fingerprint density at radius 3 is 2.54 bits per heavy atom. The van der Waals surface area contributed by atoms with Gasteiger partial charge < -0.3 is 4.79 Å². The molecule has 118 valence electrons. The molecule has 0 saturated heterocycles. The Morgan fingerprint density at radius 2 is 1.79 bits per heavy atom. The van der Waals surface area contributed by atoms with E-state index in [4.69, 9.17) is 11.6 Å². The Morgan fingerprint density at radius 1 is 1.04 bits per heavy atom. The van der Waals surface area contributed by atoms with Gasteiger partial charge in [0.25, 0.3) is 0 Å². The van der Waals surface area contributed by atoms with Gasteiger partial charge in [-0.2, -0.15) is 0 Å². The van der Waals surface area contributed by atoms with Crippen LogP contribution in [0, 0.1) is 5.41 Å². The lowest BCUT2D eigenvalue weighted by molar-refractivity contribution is -0.175. The van der Waals surface area contributed by atoms with Crippen molar-refractivity contribution in [1.29, 1.82) is 0 Å². The first kappa shape index (κ1) is 14.2. The van der Waals surface area contributed by atoms with Crippen molar-refractivity contribution in [1.82, 2.24) is 4.98 Å². The number of aldehydes is 1. The van der Waals surface area contributed by atoms with Gasteiger partial charge in [-0.1, -0.05) is 41.9 Å². The molecule has 2 aromatic carbocycles. The first-order valence-electron chi connectivity index (χ1n) is 8.25. The van der Waals surface area contributed by atoms with Crippen molar-refractivity contribution in [3.63, 3.8) is 0 Å². The first-order chi connectivity index (χ1) is 11.7. The third-order valence-electron chi connectivity index (χ3n) is 6.04. The smallest absolute Gasteiger partial charge is 0.126 e. The number of pyridine rings is 1. The largest absolute Gasteiger partial charge is 0.303 e. The summed E-state index contributed by atoms with van der Waals surface area (Å²) in [6.07, 6.45) is 4.94. The minimum atomic E-state index is -0.196. The standard InChI is InChI=1S/C21H16ClNO/c22-15-7-5-14(6-8-15)19-20(13-24)11-21(19,12-20)17-9-10-23-18-4-2-1-3-16(17)18/h1-10,13,19H,11-12H2. The van der Waals surface area contributed by atoms with Gasteiger partial charge in [0.05, 0.1) is 5.52 Å². The van der Waals surface area contributed by atoms with Gasteiger partial charge >= 0.3 is 0 Å². The number of benzene rings is 2. The van der Waals surface area contributed by atoms with E-state index in [9.17, 15) is 4.79 Å². The highest BCUT2D eigenvalue weighted by atomic mass is 35.5. The van der Waals surface area contributed by atoms with Crippen LogP contribution in [-0.2, 0) is 10.2 Å². The van der Waals surface area contributed by atoms with E-state index in [1.807, 2.05) is 24.4 Å². The predicted octanol–water partition coefficient (Wildman–Crippen LogP) is 4.90. The van der Waals surface area contributed by atoms with E-state index < -0.39 is 0 Å². The summed E-state index contributed by atoms with van der Waals surface area (Å²) in [5, 5.41) is 1.94. The molecule has 3 aliphatic carbocycles. The molecule has 2 nitrogen and oxygen atoms in total. The van der Waals surface area contributed by atoms with E-state index in [0.717, 1.165) is 23.4 Å². The maximum Gasteiger partial charge on any atom is 0.126 e. The molecule has 6 rings (SSSR count). The summed E-state index contributed by atoms with van der Waals surface area (Å²) in [5.74, 6) is 0.241. The quantitative estimate of drug-likeness (QED) is 0.638. The molecule has 3 aliphatic rings. The van der Waals surface area contributed by atoms with Crippen molar-refractivity contribution in [3.05, 3.63) is 76.9 Å². The number of fused-ring (bicyclic) bond motifs is 1. The molecule has 1 heterocycles. The van der Waals surface area contributed by atoms with Crippen molar-refractivity contribution in [2.45, 2.75) is 24.2 Å². The normalized spacial score (nSPS) is 30.5. The number of aromatic nitrogens is 1. The number of hydrogen-bond donors (Lipinski definition) is 0. The van der Waals surface area contributed by atoms with Crippen LogP contribution in [0.3, 0.4) is 0 Å². The molecule has 24 heavy (non-hydrogen) atoms. The summed E-state index contributed by atoms with van der Waals surface area (Å²) in [7, 11) is 0. The van der Waals surface area contributed by atoms with Crippen molar-refractivity contribution >= 4 is 28.8 Å². The molecule has 0 aliphatic heterocycles. The zero-order valence-corrected chi connectivity index (χ0v) is 13.8. The maximum atomic E-state index is 11.8. The highest BCUT2D eigenvalue weighted by Gasteiger charge is 2.76. The topological polar surface area (TPSA) is 30.0 Å². The molecule has 2 bridgehead atoms. The second kappa shape index (κ2) is 4.67. The summed E-state index contributed by atoms with van der Waals surface area (Å²) in [4.78, 5) is 16.3. The van der Waals surface area contributed by atoms with Crippen LogP contribution in [0.25, 0.3) is 10.9 Å². The Balaban J connectivity index is 1.67. The Kier molecular flexibility index (Phi) is 2.76. The molecule has 1 unspecified atom stereocenters. The lowest BCUT2D eigenvalue weighted by Crippen LogP contribution is -2.71. The Labute approximate surface area is 145 Å². The maximum absolute atomic E-state index is 11.8. The molecule has 3 fully saturated rings. The third kappa shape index (κ3) is 1.62. The van der Waals surface area contributed by atoms with Gasteiger partial charge in [-0.25, -0.2) is 0 Å². The van der Waals surface area contributed by atoms with Gasteiger partial charge in [-0.3, -0.25) is 4.98 Å². The summed E-state index contributed by atoms with van der Waals surface area (Å²) in [5.41, 5.74) is 3.42. The van der Waals surface area contributed by atoms with E-state index in [2.05, 4.69) is 41.4 Å². The number of carbonyl (C=O) groups is 1. The van der Waals surface area contributed by atoms with Crippen LogP contribution >= 0.6 is 11.6 Å². The average molecular weight is 334 g/mol. The minimum Gasteiger partial charge on any atom is -0.303 e. The number of hydrogen-bond acceptors (Lipinski definition) is 2. The number of nitrogens with zero attached hydrogens (tertiary/aromatic N) is 1. The van der Waals surface area contributed by atoms with Gasteiger partial charge in [-0.15, -0.1) is 0 Å². The highest BCUT2D eigenvalue weighted by Crippen LogP contribution is 2.80. The summed E-state index contributed by atoms with van der Waals surface area (Å²) in [6, 6.07) is 18.4. The number of para-hydroxylation sites is 1. The van der Waals surface area contributed by atoms with Gasteiger partial charge in [-0.05, 0) is 48.2 Å². The van der Waals surface area contributed by atoms with Crippen molar-refractivity contribution in [3.8, 4) is 0 Å². The summed E-state index contributed by atoms with van der Waals surface area (Å²) >= 11 is 6.05. The zero-order valence-electron chi connectivity index (χ0n) is 13.1. The van der Waals surface area contributed by atoms with E-state index in [-0.39, 0.29) is 16.7 Å². The second-order valence-electron chi connectivity index (χ2n) is 7.22. The van der Waals surface area contributed by atoms with E-state index in [1.165, 1.54) is 22.8 Å². The molecule has 0 spiro atoms. The lowest BCUT2D eigenvalue weighted by atomic mass is 9.27. The summed E-state index contributed by atoms with van der Waals surface area (Å²) < 4.78 is 0. The molecule has 0 radical (unpaired) electrons. The van der Waals surface area contributed by atoms with Crippen LogP contribution in [0.15, 0.2) is 60.8 Å². The average Bonchev–Trinajstić information content (AvgIpc) is 2.56. The zero-order chi connectivity index (χ0) is 16.4. The van der Waals surface area contributed by atoms with Gasteiger partial charge in [0.1, 0.15) is 6.29 Å². The molecular formula is C21H16ClNO. The molecule has 3 saturated carbocycles. The number of halogens is 1. The van der Waals surface area contributed by atoms with Gasteiger partial charge in [0, 0.05) is 33.4 Å². The van der Waals surface area contributed by atoms with Crippen LogP contribution in [0.4, 0.5) is 0 Å². The number of rotatable bonds is 3. The van der Waals surface area contributed by atoms with Crippen LogP contribution in [-0.4, -0.2) is 11.3 Å². The monoisotopic (exact) mass is 333 g/mol. The fourth-order valence-corrected chi connectivity index (χ4v) is 5.28. The second-order valence-corrected chi connectivity index (χ2v) is 7.66. The van der Waals surface area contributed by atoms with E-state index >= 15 is 0 Å². The van der Waals surface area contributed by atoms with Crippen molar-refractivity contribution in [2.24, 2.45) is 5.41 Å². The fourth-order valence-electron chi connectivity index (χ4n) is 5.15. The van der Waals surface area contributed by atoms with Crippen LogP contribution < -0.4 is 0 Å². The van der Waals surface area contributed by atoms with Gasteiger partial charge in [0.2, 0.25) is 0 Å². The van der Waals surface area contributed by atoms with Crippen molar-refractivity contribution < 1.29 is 4.79 Å². The van der Waals surface area contributed by atoms with Crippen LogP contribution in [0.1, 0.15) is 29.9 Å². The SMILES string of the molecule is O=CC12CC(c3ccnc4ccccc34)(C1)C2c1ccc(Cl)cc1. The summed E-state index contributed by atoms with van der Waals surface area (Å²) in [6.45, 7) is 0. The molecule has 0 N–H and O–H groups in total. The minimum absolute atomic E-state index is 0.0529. The first-order valence-corrected chi connectivity index (χ1v) is 8.62. The predicted molar refractivity (Wildman–Crippen MR) is 95.3 cm³/mol. The molecule has 3 heteroatoms. The highest BCUT2D eigenvalue weighted by molar-refractivity contribution is 6.30. The Bertz CT molecular complexity index is 952. The number of carbonyl (C=O) groups excluding carboxylic acids is 1. The van der Waals surface area contributed by atoms with Crippen LogP contribution in [0.2, 0.25) is 5.02 Å². The lowest BCUT2D eigenvalue weighted by Gasteiger charge is -2.75. The van der Waals surface area contributed by atoms with Crippen LogP contribution in [0.5, 0.6) is 0 Å². The fraction of sp³-hybridized carbons (Fsp3) is 0.238. The molecule has 3 aromatic rings. The van der Waals surface area contributed by atoms with E-state index in [1.54, 1.807) is 0 Å². The molecular weight excluding hydrogens is 318 g/mol. The third-order valence-corrected chi connectivity index (χ3v) is 6.29. The van der Waals surface area contributed by atoms with Gasteiger partial charge in [0.15, 0.2) is 0 Å². The molecule has 0 amide bonds. The Hall–Kier alpha value is -2.19. The van der Waals surface area contributed by atoms with Crippen molar-refractivity contribution in [2.75, 3.05) is 0 Å². The molecule has 1 aromatic heterocycles. The molecule has 1 atom stereocenters.